The fraction of sp³-hybridized carbons (Fsp3) is 0.143. The van der Waals surface area contributed by atoms with Gasteiger partial charge < -0.3 is 0 Å². The second kappa shape index (κ2) is 2.55. The summed E-state index contributed by atoms with van der Waals surface area (Å²) < 4.78 is 1.03. The first-order chi connectivity index (χ1) is 4.24. The van der Waals surface area contributed by atoms with Gasteiger partial charge in [0.2, 0.25) is 0 Å². The van der Waals surface area contributed by atoms with Crippen molar-refractivity contribution < 1.29 is 0 Å². The molecule has 1 aromatic heterocycles. The van der Waals surface area contributed by atoms with Gasteiger partial charge in [-0.2, -0.15) is 0 Å². The van der Waals surface area contributed by atoms with E-state index in [0.717, 1.165) is 9.35 Å². The molecule has 2 heteroatoms. The summed E-state index contributed by atoms with van der Waals surface area (Å²) in [4.78, 5) is 2.22. The molecule has 9 heavy (non-hydrogen) atoms. The fourth-order valence-corrected chi connectivity index (χ4v) is 2.15. The number of aryl methyl sites for hydroxylation is 1. The number of hydrogen-bond donors (Lipinski definition) is 0. The molecular weight excluding hydrogens is 196 g/mol. The summed E-state index contributed by atoms with van der Waals surface area (Å²) in [5.74, 6) is 2.59. The maximum atomic E-state index is 5.19. The van der Waals surface area contributed by atoms with Crippen molar-refractivity contribution in [3.05, 3.63) is 20.3 Å². The lowest BCUT2D eigenvalue weighted by Crippen LogP contribution is -1.58. The normalized spacial score (nSPS) is 9.00. The quantitative estimate of drug-likeness (QED) is 0.566. The Labute approximate surface area is 67.0 Å². The number of rotatable bonds is 0. The van der Waals surface area contributed by atoms with Crippen LogP contribution in [-0.4, -0.2) is 0 Å². The molecule has 0 nitrogen and oxygen atoms in total. The molecule has 0 saturated heterocycles. The first kappa shape index (κ1) is 6.85. The Hall–Kier alpha value is -0.260. The van der Waals surface area contributed by atoms with Crippen LogP contribution in [0.25, 0.3) is 0 Å². The third kappa shape index (κ3) is 1.35. The minimum atomic E-state index is 0.979. The average Bonchev–Trinajstić information content (AvgIpc) is 2.10. The molecule has 0 aliphatic carbocycles. The summed E-state index contributed by atoms with van der Waals surface area (Å²) in [5.41, 5.74) is 0. The molecule has 0 unspecified atom stereocenters. The zero-order valence-corrected chi connectivity index (χ0v) is 7.34. The van der Waals surface area contributed by atoms with Crippen molar-refractivity contribution in [2.45, 2.75) is 6.92 Å². The van der Waals surface area contributed by atoms with E-state index in [-0.39, 0.29) is 0 Å². The third-order valence-electron chi connectivity index (χ3n) is 0.941. The fourth-order valence-electron chi connectivity index (χ4n) is 0.582. The molecule has 0 radical (unpaired) electrons. The van der Waals surface area contributed by atoms with Crippen molar-refractivity contribution in [1.82, 2.24) is 0 Å². The Morgan fingerprint density at radius 2 is 2.44 bits per heavy atom. The molecule has 0 N–H and O–H groups in total. The molecule has 0 amide bonds. The first-order valence-electron chi connectivity index (χ1n) is 2.46. The van der Waals surface area contributed by atoms with Gasteiger partial charge in [0, 0.05) is 9.35 Å². The van der Waals surface area contributed by atoms with Crippen LogP contribution in [0.5, 0.6) is 0 Å². The SMILES string of the molecule is C#Cc1sc(C)cc1Br. The van der Waals surface area contributed by atoms with Crippen LogP contribution in [-0.2, 0) is 0 Å². The standard InChI is InChI=1S/C7H5BrS/c1-3-7-6(8)4-5(2)9-7/h1,4H,2H3. The molecular formula is C7H5BrS. The van der Waals surface area contributed by atoms with Gasteiger partial charge in [0.05, 0.1) is 4.88 Å². The van der Waals surface area contributed by atoms with Crippen LogP contribution in [0, 0.1) is 19.3 Å². The van der Waals surface area contributed by atoms with Crippen LogP contribution in [0.4, 0.5) is 0 Å². The Balaban J connectivity index is 3.20. The van der Waals surface area contributed by atoms with E-state index in [0.29, 0.717) is 0 Å². The molecule has 0 atom stereocenters. The van der Waals surface area contributed by atoms with Crippen molar-refractivity contribution in [3.63, 3.8) is 0 Å². The lowest BCUT2D eigenvalue weighted by molar-refractivity contribution is 1.62. The summed E-state index contributed by atoms with van der Waals surface area (Å²) in [6.07, 6.45) is 5.19. The van der Waals surface area contributed by atoms with Crippen molar-refractivity contribution >= 4 is 27.3 Å². The van der Waals surface area contributed by atoms with Gasteiger partial charge >= 0.3 is 0 Å². The highest BCUT2D eigenvalue weighted by atomic mass is 79.9. The van der Waals surface area contributed by atoms with Gasteiger partial charge in [-0.15, -0.1) is 17.8 Å². The molecule has 1 aromatic rings. The van der Waals surface area contributed by atoms with Gasteiger partial charge in [-0.3, -0.25) is 0 Å². The first-order valence-corrected chi connectivity index (χ1v) is 4.07. The van der Waals surface area contributed by atoms with E-state index in [9.17, 15) is 0 Å². The lowest BCUT2D eigenvalue weighted by Gasteiger charge is -1.77. The topological polar surface area (TPSA) is 0 Å². The van der Waals surface area contributed by atoms with Crippen molar-refractivity contribution in [2.24, 2.45) is 0 Å². The van der Waals surface area contributed by atoms with Crippen LogP contribution in [0.2, 0.25) is 0 Å². The van der Waals surface area contributed by atoms with Gasteiger partial charge in [-0.25, -0.2) is 0 Å². The van der Waals surface area contributed by atoms with E-state index in [1.54, 1.807) is 11.3 Å². The largest absolute Gasteiger partial charge is 0.131 e. The van der Waals surface area contributed by atoms with Crippen LogP contribution < -0.4 is 0 Å². The Bertz CT molecular complexity index is 254. The van der Waals surface area contributed by atoms with Crippen molar-refractivity contribution in [3.8, 4) is 12.3 Å². The lowest BCUT2D eigenvalue weighted by atomic mass is 10.4. The zero-order valence-electron chi connectivity index (χ0n) is 4.94. The van der Waals surface area contributed by atoms with E-state index in [1.165, 1.54) is 4.88 Å². The Morgan fingerprint density at radius 1 is 1.78 bits per heavy atom. The van der Waals surface area contributed by atoms with Gasteiger partial charge in [0.25, 0.3) is 0 Å². The van der Waals surface area contributed by atoms with E-state index in [1.807, 2.05) is 13.0 Å². The predicted octanol–water partition coefficient (Wildman–Crippen LogP) is 2.80. The molecule has 1 heterocycles. The minimum Gasteiger partial charge on any atom is -0.131 e. The summed E-state index contributed by atoms with van der Waals surface area (Å²) in [6, 6.07) is 2.03. The summed E-state index contributed by atoms with van der Waals surface area (Å²) in [5, 5.41) is 0. The van der Waals surface area contributed by atoms with Gasteiger partial charge in [-0.1, -0.05) is 5.92 Å². The number of terminal acetylenes is 1. The van der Waals surface area contributed by atoms with E-state index in [4.69, 9.17) is 6.42 Å². The maximum Gasteiger partial charge on any atom is 0.0910 e. The highest BCUT2D eigenvalue weighted by molar-refractivity contribution is 9.10. The number of hydrogen-bond acceptors (Lipinski definition) is 1. The Kier molecular flexibility index (Phi) is 1.94. The molecule has 0 spiro atoms. The maximum absolute atomic E-state index is 5.19. The molecule has 0 saturated carbocycles. The number of thiophene rings is 1. The van der Waals surface area contributed by atoms with Crippen molar-refractivity contribution in [2.75, 3.05) is 0 Å². The van der Waals surface area contributed by atoms with E-state index < -0.39 is 0 Å². The molecule has 0 fully saturated rings. The smallest absolute Gasteiger partial charge is 0.0910 e. The van der Waals surface area contributed by atoms with E-state index >= 15 is 0 Å². The Morgan fingerprint density at radius 3 is 2.67 bits per heavy atom. The molecule has 46 valence electrons. The zero-order chi connectivity index (χ0) is 6.85. The van der Waals surface area contributed by atoms with Crippen LogP contribution in [0.1, 0.15) is 9.75 Å². The highest BCUT2D eigenvalue weighted by Gasteiger charge is 1.98. The van der Waals surface area contributed by atoms with Gasteiger partial charge in [0.1, 0.15) is 0 Å². The number of halogens is 1. The molecule has 0 aliphatic heterocycles. The monoisotopic (exact) mass is 200 g/mol. The minimum absolute atomic E-state index is 0.979. The van der Waals surface area contributed by atoms with Gasteiger partial charge in [-0.05, 0) is 28.9 Å². The highest BCUT2D eigenvalue weighted by Crippen LogP contribution is 2.25. The average molecular weight is 201 g/mol. The molecule has 1 rings (SSSR count). The van der Waals surface area contributed by atoms with Crippen LogP contribution in [0.15, 0.2) is 10.5 Å². The molecule has 0 aliphatic rings. The molecule has 0 aromatic carbocycles. The summed E-state index contributed by atoms with van der Waals surface area (Å²) in [7, 11) is 0. The molecule has 0 bridgehead atoms. The summed E-state index contributed by atoms with van der Waals surface area (Å²) in [6.45, 7) is 2.04. The van der Waals surface area contributed by atoms with Gasteiger partial charge in [0.15, 0.2) is 0 Å². The summed E-state index contributed by atoms with van der Waals surface area (Å²) >= 11 is 4.98. The van der Waals surface area contributed by atoms with Crippen LogP contribution >= 0.6 is 27.3 Å². The third-order valence-corrected chi connectivity index (χ3v) is 2.81. The van der Waals surface area contributed by atoms with Crippen LogP contribution in [0.3, 0.4) is 0 Å². The predicted molar refractivity (Wildman–Crippen MR) is 44.7 cm³/mol. The second-order valence-corrected chi connectivity index (χ2v) is 3.79. The van der Waals surface area contributed by atoms with Crippen molar-refractivity contribution in [1.29, 1.82) is 0 Å². The van der Waals surface area contributed by atoms with E-state index in [2.05, 4.69) is 21.9 Å². The second-order valence-electron chi connectivity index (χ2n) is 1.68.